The molecule has 0 bridgehead atoms. The van der Waals surface area contributed by atoms with Crippen molar-refractivity contribution in [3.05, 3.63) is 54.3 Å². The fourth-order valence-corrected chi connectivity index (χ4v) is 1.73. The fraction of sp³-hybridized carbons (Fsp3) is 0.125. The zero-order valence-electron chi connectivity index (χ0n) is 12.4. The Hall–Kier alpha value is -3.09. The molecule has 3 N–H and O–H groups in total. The third-order valence-corrected chi connectivity index (χ3v) is 2.85. The lowest BCUT2D eigenvalue weighted by Crippen LogP contribution is -2.24. The van der Waals surface area contributed by atoms with Gasteiger partial charge < -0.3 is 20.7 Å². The Morgan fingerprint density at radius 2 is 1.61 bits per heavy atom. The third-order valence-electron chi connectivity index (χ3n) is 2.85. The smallest absolute Gasteiger partial charge is 0.318 e. The largest absolute Gasteiger partial charge is 0.481 e. The molecule has 2 aromatic carbocycles. The molecule has 23 heavy (non-hydrogen) atoms. The van der Waals surface area contributed by atoms with Gasteiger partial charge in [-0.3, -0.25) is 4.79 Å². The number of rotatable bonds is 5. The summed E-state index contributed by atoms with van der Waals surface area (Å²) in [5.41, 5.74) is 1.12. The van der Waals surface area contributed by atoms with Crippen LogP contribution < -0.4 is 20.7 Å². The van der Waals surface area contributed by atoms with Crippen LogP contribution in [-0.4, -0.2) is 25.6 Å². The van der Waals surface area contributed by atoms with Crippen molar-refractivity contribution >= 4 is 23.3 Å². The molecule has 2 aromatic rings. The molecule has 7 heteroatoms. The zero-order chi connectivity index (χ0) is 16.7. The Morgan fingerprint density at radius 3 is 2.22 bits per heavy atom. The number of benzene rings is 2. The van der Waals surface area contributed by atoms with Gasteiger partial charge in [-0.1, -0.05) is 12.1 Å². The molecule has 0 aliphatic carbocycles. The monoisotopic (exact) mass is 317 g/mol. The van der Waals surface area contributed by atoms with Crippen molar-refractivity contribution in [2.24, 2.45) is 0 Å². The molecule has 6 nitrogen and oxygen atoms in total. The minimum Gasteiger partial charge on any atom is -0.481 e. The van der Waals surface area contributed by atoms with E-state index in [1.165, 1.54) is 25.2 Å². The average Bonchev–Trinajstić information content (AvgIpc) is 2.56. The Balaban J connectivity index is 1.85. The van der Waals surface area contributed by atoms with Crippen LogP contribution in [0, 0.1) is 5.82 Å². The molecular formula is C16H16FN3O3. The summed E-state index contributed by atoms with van der Waals surface area (Å²) in [5.74, 6) is -0.919. The van der Waals surface area contributed by atoms with Crippen molar-refractivity contribution in [1.82, 2.24) is 5.32 Å². The normalized spacial score (nSPS) is 9.83. The summed E-state index contributed by atoms with van der Waals surface area (Å²) in [5, 5.41) is 7.64. The van der Waals surface area contributed by atoms with E-state index in [0.717, 1.165) is 0 Å². The van der Waals surface area contributed by atoms with Crippen LogP contribution in [0.4, 0.5) is 20.6 Å². The lowest BCUT2D eigenvalue weighted by Gasteiger charge is -2.09. The van der Waals surface area contributed by atoms with Gasteiger partial charge in [0.05, 0.1) is 0 Å². The van der Waals surface area contributed by atoms with Crippen LogP contribution in [0.2, 0.25) is 0 Å². The number of ether oxygens (including phenoxy) is 1. The SMILES string of the molecule is CNC(=O)Nc1ccc(NC(=O)COc2ccccc2F)cc1. The van der Waals surface area contributed by atoms with Crippen LogP contribution in [0.15, 0.2) is 48.5 Å². The summed E-state index contributed by atoms with van der Waals surface area (Å²) in [4.78, 5) is 22.9. The minimum absolute atomic E-state index is 0.0211. The number of nitrogens with one attached hydrogen (secondary N) is 3. The van der Waals surface area contributed by atoms with Gasteiger partial charge in [0, 0.05) is 18.4 Å². The molecule has 0 saturated carbocycles. The summed E-state index contributed by atoms with van der Waals surface area (Å²) in [6, 6.07) is 12.1. The molecule has 0 unspecified atom stereocenters. The van der Waals surface area contributed by atoms with E-state index >= 15 is 0 Å². The quantitative estimate of drug-likeness (QED) is 0.793. The van der Waals surface area contributed by atoms with Crippen molar-refractivity contribution in [2.75, 3.05) is 24.3 Å². The van der Waals surface area contributed by atoms with E-state index in [2.05, 4.69) is 16.0 Å². The van der Waals surface area contributed by atoms with Gasteiger partial charge in [0.2, 0.25) is 0 Å². The molecule has 0 aliphatic heterocycles. The number of carbonyl (C=O) groups is 2. The van der Waals surface area contributed by atoms with Crippen LogP contribution in [-0.2, 0) is 4.79 Å². The van der Waals surface area contributed by atoms with Crippen LogP contribution >= 0.6 is 0 Å². The van der Waals surface area contributed by atoms with Crippen LogP contribution in [0.1, 0.15) is 0 Å². The zero-order valence-corrected chi connectivity index (χ0v) is 12.4. The van der Waals surface area contributed by atoms with E-state index in [9.17, 15) is 14.0 Å². The molecule has 0 aliphatic rings. The van der Waals surface area contributed by atoms with E-state index in [0.29, 0.717) is 11.4 Å². The minimum atomic E-state index is -0.523. The van der Waals surface area contributed by atoms with Gasteiger partial charge in [-0.15, -0.1) is 0 Å². The molecule has 0 radical (unpaired) electrons. The van der Waals surface area contributed by atoms with Crippen molar-refractivity contribution in [3.63, 3.8) is 0 Å². The number of anilines is 2. The van der Waals surface area contributed by atoms with Gasteiger partial charge in [0.25, 0.3) is 5.91 Å². The number of urea groups is 1. The molecule has 120 valence electrons. The first-order valence-electron chi connectivity index (χ1n) is 6.84. The number of halogens is 1. The Kier molecular flexibility index (Phi) is 5.51. The highest BCUT2D eigenvalue weighted by atomic mass is 19.1. The van der Waals surface area contributed by atoms with Gasteiger partial charge in [-0.05, 0) is 36.4 Å². The Morgan fingerprint density at radius 1 is 1.00 bits per heavy atom. The molecule has 0 fully saturated rings. The lowest BCUT2D eigenvalue weighted by atomic mass is 10.3. The molecule has 0 spiro atoms. The van der Waals surface area contributed by atoms with E-state index in [1.54, 1.807) is 30.3 Å². The van der Waals surface area contributed by atoms with Gasteiger partial charge in [0.1, 0.15) is 0 Å². The second kappa shape index (κ2) is 7.79. The van der Waals surface area contributed by atoms with Crippen LogP contribution in [0.3, 0.4) is 0 Å². The van der Waals surface area contributed by atoms with Crippen molar-refractivity contribution in [2.45, 2.75) is 0 Å². The van der Waals surface area contributed by atoms with Crippen molar-refractivity contribution in [3.8, 4) is 5.75 Å². The summed E-state index contributed by atoms with van der Waals surface area (Å²) >= 11 is 0. The number of amides is 3. The van der Waals surface area contributed by atoms with E-state index in [4.69, 9.17) is 4.74 Å². The predicted octanol–water partition coefficient (Wildman–Crippen LogP) is 2.59. The number of hydrogen-bond acceptors (Lipinski definition) is 3. The first kappa shape index (κ1) is 16.3. The molecule has 3 amide bonds. The van der Waals surface area contributed by atoms with Gasteiger partial charge in [-0.25, -0.2) is 9.18 Å². The highest BCUT2D eigenvalue weighted by Gasteiger charge is 2.07. The van der Waals surface area contributed by atoms with Gasteiger partial charge in [-0.2, -0.15) is 0 Å². The third kappa shape index (κ3) is 4.99. The van der Waals surface area contributed by atoms with Gasteiger partial charge in [0.15, 0.2) is 18.2 Å². The molecular weight excluding hydrogens is 301 g/mol. The molecule has 2 rings (SSSR count). The summed E-state index contributed by atoms with van der Waals surface area (Å²) in [6.45, 7) is -0.306. The molecule has 0 heterocycles. The van der Waals surface area contributed by atoms with Crippen LogP contribution in [0.5, 0.6) is 5.75 Å². The second-order valence-corrected chi connectivity index (χ2v) is 4.55. The molecule has 0 aromatic heterocycles. The van der Waals surface area contributed by atoms with E-state index in [-0.39, 0.29) is 18.4 Å². The average molecular weight is 317 g/mol. The van der Waals surface area contributed by atoms with Crippen molar-refractivity contribution in [1.29, 1.82) is 0 Å². The molecule has 0 saturated heterocycles. The second-order valence-electron chi connectivity index (χ2n) is 4.55. The topological polar surface area (TPSA) is 79.5 Å². The number of hydrogen-bond donors (Lipinski definition) is 3. The maximum atomic E-state index is 13.3. The first-order chi connectivity index (χ1) is 11.1. The number of para-hydroxylation sites is 1. The van der Waals surface area contributed by atoms with E-state index in [1.807, 2.05) is 0 Å². The fourth-order valence-electron chi connectivity index (χ4n) is 1.73. The highest BCUT2D eigenvalue weighted by molar-refractivity contribution is 5.93. The Bertz CT molecular complexity index is 689. The Labute approximate surface area is 132 Å². The summed E-state index contributed by atoms with van der Waals surface area (Å²) in [6.07, 6.45) is 0. The maximum Gasteiger partial charge on any atom is 0.318 e. The van der Waals surface area contributed by atoms with Crippen LogP contribution in [0.25, 0.3) is 0 Å². The van der Waals surface area contributed by atoms with Gasteiger partial charge >= 0.3 is 6.03 Å². The molecule has 0 atom stereocenters. The highest BCUT2D eigenvalue weighted by Crippen LogP contribution is 2.16. The summed E-state index contributed by atoms with van der Waals surface area (Å²) < 4.78 is 18.5. The lowest BCUT2D eigenvalue weighted by molar-refractivity contribution is -0.118. The van der Waals surface area contributed by atoms with E-state index < -0.39 is 11.7 Å². The maximum absolute atomic E-state index is 13.3. The standard InChI is InChI=1S/C16H16FN3O3/c1-18-16(22)20-12-8-6-11(7-9-12)19-15(21)10-23-14-5-3-2-4-13(14)17/h2-9H,10H2,1H3,(H,19,21)(H2,18,20,22). The predicted molar refractivity (Wildman–Crippen MR) is 85.0 cm³/mol. The van der Waals surface area contributed by atoms with Crippen molar-refractivity contribution < 1.29 is 18.7 Å². The number of carbonyl (C=O) groups excluding carboxylic acids is 2. The first-order valence-corrected chi connectivity index (χ1v) is 6.84. The summed E-state index contributed by atoms with van der Waals surface area (Å²) in [7, 11) is 1.51.